The molecule has 26 heavy (non-hydrogen) atoms. The van der Waals surface area contributed by atoms with E-state index in [-0.39, 0.29) is 17.9 Å². The highest BCUT2D eigenvalue weighted by atomic mass is 16.5. The van der Waals surface area contributed by atoms with Gasteiger partial charge in [0.05, 0.1) is 0 Å². The summed E-state index contributed by atoms with van der Waals surface area (Å²) in [5.74, 6) is -2.61. The van der Waals surface area contributed by atoms with Crippen LogP contribution in [0.4, 0.5) is 0 Å². The first-order valence-corrected chi connectivity index (χ1v) is 7.80. The summed E-state index contributed by atoms with van der Waals surface area (Å²) in [7, 11) is 0. The molecule has 2 aromatic carbocycles. The number of carboxylic acids is 1. The lowest BCUT2D eigenvalue weighted by molar-refractivity contribution is -0.139. The first kappa shape index (κ1) is 19.4. The summed E-state index contributed by atoms with van der Waals surface area (Å²) in [5, 5.41) is 28.9. The van der Waals surface area contributed by atoms with Crippen LogP contribution in [-0.4, -0.2) is 39.3 Å². The number of aromatic hydroxyl groups is 1. The van der Waals surface area contributed by atoms with Crippen molar-refractivity contribution in [3.63, 3.8) is 0 Å². The normalized spacial score (nSPS) is 14.3. The molecule has 0 heterocycles. The number of aliphatic hydroxyl groups is 1. The molecule has 138 valence electrons. The van der Waals surface area contributed by atoms with Gasteiger partial charge in [-0.3, -0.25) is 4.79 Å². The molecule has 8 heteroatoms. The number of phenolic OH excluding ortho intramolecular Hbond substituents is 1. The van der Waals surface area contributed by atoms with E-state index in [2.05, 4.69) is 0 Å². The van der Waals surface area contributed by atoms with Crippen LogP contribution in [0.5, 0.6) is 11.5 Å². The van der Waals surface area contributed by atoms with Crippen LogP contribution in [0, 0.1) is 0 Å². The van der Waals surface area contributed by atoms with Crippen LogP contribution in [0.15, 0.2) is 48.5 Å². The van der Waals surface area contributed by atoms with Gasteiger partial charge in [0.2, 0.25) is 0 Å². The van der Waals surface area contributed by atoms with E-state index in [1.165, 1.54) is 18.2 Å². The van der Waals surface area contributed by atoms with Gasteiger partial charge in [-0.15, -0.1) is 0 Å². The number of nitrogens with two attached hydrogens (primary N) is 2. The van der Waals surface area contributed by atoms with E-state index >= 15 is 0 Å². The molecule has 8 nitrogen and oxygen atoms in total. The third kappa shape index (κ3) is 4.79. The highest BCUT2D eigenvalue weighted by Gasteiger charge is 2.26. The lowest BCUT2D eigenvalue weighted by atomic mass is 10.0. The molecule has 0 amide bonds. The standard InChI is InChI=1S/C18H20N2O6/c19-12(17(23)24)8-10-6-7-14(13(21)9-10)26-18(25)15(20)16(22)11-4-2-1-3-5-11/h1-7,9,12,15-16,21-22H,8,19-20H2,(H,23,24)/t12-,15-,16?/m0/s1. The van der Waals surface area contributed by atoms with Crippen molar-refractivity contribution >= 4 is 11.9 Å². The second-order valence-corrected chi connectivity index (χ2v) is 5.75. The van der Waals surface area contributed by atoms with Crippen molar-refractivity contribution in [3.8, 4) is 11.5 Å². The van der Waals surface area contributed by atoms with Crippen molar-refractivity contribution in [2.24, 2.45) is 11.5 Å². The highest BCUT2D eigenvalue weighted by molar-refractivity contribution is 5.79. The Morgan fingerprint density at radius 2 is 1.73 bits per heavy atom. The van der Waals surface area contributed by atoms with Crippen LogP contribution in [0.25, 0.3) is 0 Å². The molecule has 0 spiro atoms. The van der Waals surface area contributed by atoms with Crippen molar-refractivity contribution in [1.82, 2.24) is 0 Å². The van der Waals surface area contributed by atoms with Crippen LogP contribution in [0.3, 0.4) is 0 Å². The van der Waals surface area contributed by atoms with Crippen LogP contribution in [-0.2, 0) is 16.0 Å². The maximum atomic E-state index is 12.1. The number of hydrogen-bond acceptors (Lipinski definition) is 7. The van der Waals surface area contributed by atoms with Gasteiger partial charge in [0.1, 0.15) is 18.2 Å². The monoisotopic (exact) mass is 360 g/mol. The fraction of sp³-hybridized carbons (Fsp3) is 0.222. The smallest absolute Gasteiger partial charge is 0.331 e. The summed E-state index contributed by atoms with van der Waals surface area (Å²) in [6, 6.07) is 9.97. The zero-order valence-electron chi connectivity index (χ0n) is 13.8. The third-order valence-corrected chi connectivity index (χ3v) is 3.76. The summed E-state index contributed by atoms with van der Waals surface area (Å²) >= 11 is 0. The molecule has 0 saturated carbocycles. The summed E-state index contributed by atoms with van der Waals surface area (Å²) in [4.78, 5) is 22.9. The third-order valence-electron chi connectivity index (χ3n) is 3.76. The van der Waals surface area contributed by atoms with Gasteiger partial charge < -0.3 is 31.5 Å². The molecule has 2 rings (SSSR count). The number of esters is 1. The number of carbonyl (C=O) groups is 2. The molecule has 7 N–H and O–H groups in total. The Hall–Kier alpha value is -2.94. The highest BCUT2D eigenvalue weighted by Crippen LogP contribution is 2.28. The molecule has 0 saturated heterocycles. The van der Waals surface area contributed by atoms with E-state index in [9.17, 15) is 19.8 Å². The van der Waals surface area contributed by atoms with Gasteiger partial charge in [-0.2, -0.15) is 0 Å². The minimum atomic E-state index is -1.35. The molecule has 0 fully saturated rings. The van der Waals surface area contributed by atoms with Gasteiger partial charge in [-0.05, 0) is 29.7 Å². The molecule has 3 atom stereocenters. The molecular weight excluding hydrogens is 340 g/mol. The Morgan fingerprint density at radius 1 is 1.08 bits per heavy atom. The minimum Gasteiger partial charge on any atom is -0.504 e. The quantitative estimate of drug-likeness (QED) is 0.349. The minimum absolute atomic E-state index is 0.00333. The average Bonchev–Trinajstić information content (AvgIpc) is 2.63. The number of hydrogen-bond donors (Lipinski definition) is 5. The Kier molecular flexibility index (Phi) is 6.29. The Balaban J connectivity index is 2.05. The van der Waals surface area contributed by atoms with Crippen LogP contribution in [0.2, 0.25) is 0 Å². The second-order valence-electron chi connectivity index (χ2n) is 5.75. The van der Waals surface area contributed by atoms with Crippen molar-refractivity contribution in [2.45, 2.75) is 24.6 Å². The summed E-state index contributed by atoms with van der Waals surface area (Å²) in [5.41, 5.74) is 12.1. The molecule has 2 aromatic rings. The fourth-order valence-electron chi connectivity index (χ4n) is 2.28. The van der Waals surface area contributed by atoms with Crippen molar-refractivity contribution in [1.29, 1.82) is 0 Å². The first-order chi connectivity index (χ1) is 12.3. The molecule has 0 aliphatic rings. The Morgan fingerprint density at radius 3 is 2.31 bits per heavy atom. The number of phenols is 1. The average molecular weight is 360 g/mol. The first-order valence-electron chi connectivity index (χ1n) is 7.80. The maximum absolute atomic E-state index is 12.1. The lowest BCUT2D eigenvalue weighted by Crippen LogP contribution is -2.39. The Bertz CT molecular complexity index is 781. The summed E-state index contributed by atoms with van der Waals surface area (Å²) in [6.07, 6.45) is -1.26. The number of ether oxygens (including phenoxy) is 1. The number of benzene rings is 2. The topological polar surface area (TPSA) is 156 Å². The molecular formula is C18H20N2O6. The molecule has 0 aliphatic heterocycles. The molecule has 1 unspecified atom stereocenters. The SMILES string of the molecule is N[C@H](C(=O)Oc1ccc(C[C@H](N)C(=O)O)cc1O)C(O)c1ccccc1. The number of carboxylic acid groups (broad SMARTS) is 1. The maximum Gasteiger partial charge on any atom is 0.331 e. The number of aliphatic hydroxyl groups excluding tert-OH is 1. The van der Waals surface area contributed by atoms with Crippen molar-refractivity contribution < 1.29 is 29.6 Å². The fourth-order valence-corrected chi connectivity index (χ4v) is 2.28. The predicted molar refractivity (Wildman–Crippen MR) is 92.4 cm³/mol. The van der Waals surface area contributed by atoms with Gasteiger partial charge in [0.25, 0.3) is 0 Å². The van der Waals surface area contributed by atoms with E-state index in [0.29, 0.717) is 11.1 Å². The van der Waals surface area contributed by atoms with Gasteiger partial charge in [0.15, 0.2) is 11.5 Å². The summed E-state index contributed by atoms with van der Waals surface area (Å²) in [6.45, 7) is 0. The van der Waals surface area contributed by atoms with Crippen molar-refractivity contribution in [3.05, 3.63) is 59.7 Å². The van der Waals surface area contributed by atoms with Gasteiger partial charge in [0, 0.05) is 0 Å². The van der Waals surface area contributed by atoms with E-state index in [1.807, 2.05) is 0 Å². The van der Waals surface area contributed by atoms with Crippen LogP contribution >= 0.6 is 0 Å². The molecule has 0 aliphatic carbocycles. The van der Waals surface area contributed by atoms with Gasteiger partial charge >= 0.3 is 11.9 Å². The largest absolute Gasteiger partial charge is 0.504 e. The zero-order chi connectivity index (χ0) is 19.3. The second kappa shape index (κ2) is 8.43. The number of rotatable bonds is 7. The molecule has 0 bridgehead atoms. The van der Waals surface area contributed by atoms with Crippen LogP contribution in [0.1, 0.15) is 17.2 Å². The van der Waals surface area contributed by atoms with E-state index < -0.39 is 30.1 Å². The number of carbonyl (C=O) groups excluding carboxylic acids is 1. The van der Waals surface area contributed by atoms with Crippen LogP contribution < -0.4 is 16.2 Å². The van der Waals surface area contributed by atoms with E-state index in [1.54, 1.807) is 30.3 Å². The number of aliphatic carboxylic acids is 1. The van der Waals surface area contributed by atoms with E-state index in [0.717, 1.165) is 0 Å². The van der Waals surface area contributed by atoms with Gasteiger partial charge in [-0.1, -0.05) is 36.4 Å². The summed E-state index contributed by atoms with van der Waals surface area (Å²) < 4.78 is 5.04. The Labute approximate surface area is 149 Å². The lowest BCUT2D eigenvalue weighted by Gasteiger charge is -2.18. The van der Waals surface area contributed by atoms with E-state index in [4.69, 9.17) is 21.3 Å². The zero-order valence-corrected chi connectivity index (χ0v) is 13.8. The van der Waals surface area contributed by atoms with Crippen molar-refractivity contribution in [2.75, 3.05) is 0 Å². The molecule has 0 aromatic heterocycles. The molecule has 0 radical (unpaired) electrons. The van der Waals surface area contributed by atoms with Gasteiger partial charge in [-0.25, -0.2) is 4.79 Å². The predicted octanol–water partition coefficient (Wildman–Crippen LogP) is 0.313.